The quantitative estimate of drug-likeness (QED) is 0.817. The zero-order valence-corrected chi connectivity index (χ0v) is 11.9. The average molecular weight is 308 g/mol. The molecule has 1 heterocycles. The van der Waals surface area contributed by atoms with Crippen LogP contribution < -0.4 is 0 Å². The van der Waals surface area contributed by atoms with Crippen molar-refractivity contribution in [3.8, 4) is 0 Å². The first kappa shape index (κ1) is 15.6. The first-order valence-corrected chi connectivity index (χ1v) is 7.10. The minimum Gasteiger partial charge on any atom is -0.388 e. The first-order chi connectivity index (χ1) is 9.30. The Labute approximate surface area is 121 Å². The van der Waals surface area contributed by atoms with Crippen LogP contribution in [0.25, 0.3) is 0 Å². The number of aliphatic hydroxyl groups is 1. The highest BCUT2D eigenvalue weighted by molar-refractivity contribution is 6.30. The molecule has 0 bridgehead atoms. The van der Waals surface area contributed by atoms with Crippen LogP contribution in [0.3, 0.4) is 0 Å². The smallest absolute Gasteiger partial charge is 0.388 e. The van der Waals surface area contributed by atoms with E-state index in [1.807, 2.05) is 6.92 Å². The fraction of sp³-hybridized carbons (Fsp3) is 0.643. The van der Waals surface area contributed by atoms with Crippen LogP contribution in [0.2, 0.25) is 5.15 Å². The highest BCUT2D eigenvalue weighted by Gasteiger charge is 2.41. The Morgan fingerprint density at radius 1 is 1.35 bits per heavy atom. The minimum absolute atomic E-state index is 0.257. The standard InChI is InChI=1S/C14H17ClF3NO/c1-2-13(7-3-4-8-13)11(20)9-5-6-10(14(16,17)18)19-12(9)15/h5-6,11,20H,2-4,7-8H2,1H3. The molecule has 2 nitrogen and oxygen atoms in total. The maximum atomic E-state index is 12.6. The van der Waals surface area contributed by atoms with E-state index >= 15 is 0 Å². The van der Waals surface area contributed by atoms with E-state index < -0.39 is 18.0 Å². The van der Waals surface area contributed by atoms with Gasteiger partial charge >= 0.3 is 6.18 Å². The molecular weight excluding hydrogens is 291 g/mol. The van der Waals surface area contributed by atoms with Crippen LogP contribution in [0.15, 0.2) is 12.1 Å². The zero-order valence-electron chi connectivity index (χ0n) is 11.2. The molecule has 1 aliphatic carbocycles. The average Bonchev–Trinajstić information content (AvgIpc) is 2.86. The molecule has 0 saturated heterocycles. The Bertz CT molecular complexity index is 484. The summed E-state index contributed by atoms with van der Waals surface area (Å²) in [5, 5.41) is 10.3. The molecule has 20 heavy (non-hydrogen) atoms. The topological polar surface area (TPSA) is 33.1 Å². The van der Waals surface area contributed by atoms with Gasteiger partial charge in [-0.1, -0.05) is 37.4 Å². The molecule has 1 atom stereocenters. The van der Waals surface area contributed by atoms with Gasteiger partial charge in [0.05, 0.1) is 6.10 Å². The monoisotopic (exact) mass is 307 g/mol. The summed E-state index contributed by atoms with van der Waals surface area (Å²) in [7, 11) is 0. The van der Waals surface area contributed by atoms with E-state index in [1.165, 1.54) is 6.07 Å². The number of pyridine rings is 1. The van der Waals surface area contributed by atoms with Crippen molar-refractivity contribution in [1.82, 2.24) is 4.98 Å². The summed E-state index contributed by atoms with van der Waals surface area (Å²) in [6, 6.07) is 2.13. The van der Waals surface area contributed by atoms with E-state index in [1.54, 1.807) is 0 Å². The predicted molar refractivity (Wildman–Crippen MR) is 70.4 cm³/mol. The van der Waals surface area contributed by atoms with Crippen molar-refractivity contribution in [2.75, 3.05) is 0 Å². The van der Waals surface area contributed by atoms with Gasteiger partial charge in [-0.15, -0.1) is 0 Å². The highest BCUT2D eigenvalue weighted by atomic mass is 35.5. The summed E-state index contributed by atoms with van der Waals surface area (Å²) in [6.45, 7) is 1.99. The number of rotatable bonds is 3. The van der Waals surface area contributed by atoms with Gasteiger partial charge in [-0.2, -0.15) is 13.2 Å². The second-order valence-corrected chi connectivity index (χ2v) is 5.76. The normalized spacial score (nSPS) is 20.1. The molecule has 1 aromatic heterocycles. The molecule has 0 amide bonds. The first-order valence-electron chi connectivity index (χ1n) is 6.72. The van der Waals surface area contributed by atoms with Gasteiger partial charge in [-0.05, 0) is 25.3 Å². The van der Waals surface area contributed by atoms with Crippen LogP contribution in [-0.4, -0.2) is 10.1 Å². The Balaban J connectivity index is 2.33. The minimum atomic E-state index is -4.52. The third-order valence-electron chi connectivity index (χ3n) is 4.35. The fourth-order valence-corrected chi connectivity index (χ4v) is 3.29. The Hall–Kier alpha value is -0.810. The van der Waals surface area contributed by atoms with Crippen molar-refractivity contribution in [3.05, 3.63) is 28.5 Å². The molecule has 1 aliphatic rings. The Morgan fingerprint density at radius 3 is 2.40 bits per heavy atom. The summed E-state index contributed by atoms with van der Waals surface area (Å²) in [5.41, 5.74) is -1.02. The van der Waals surface area contributed by atoms with E-state index in [9.17, 15) is 18.3 Å². The molecule has 1 fully saturated rings. The second-order valence-electron chi connectivity index (χ2n) is 5.40. The SMILES string of the molecule is CCC1(C(O)c2ccc(C(F)(F)F)nc2Cl)CCCC1. The molecule has 0 aromatic carbocycles. The van der Waals surface area contributed by atoms with Crippen LogP contribution in [-0.2, 0) is 6.18 Å². The van der Waals surface area contributed by atoms with Crippen LogP contribution in [0.5, 0.6) is 0 Å². The van der Waals surface area contributed by atoms with E-state index in [0.717, 1.165) is 38.2 Å². The number of nitrogens with zero attached hydrogens (tertiary/aromatic N) is 1. The molecule has 1 saturated carbocycles. The summed E-state index contributed by atoms with van der Waals surface area (Å²) in [4.78, 5) is 3.38. The maximum Gasteiger partial charge on any atom is 0.433 e. The lowest BCUT2D eigenvalue weighted by Crippen LogP contribution is -2.25. The predicted octanol–water partition coefficient (Wildman–Crippen LogP) is 4.76. The maximum absolute atomic E-state index is 12.6. The van der Waals surface area contributed by atoms with Crippen LogP contribution in [0, 0.1) is 5.41 Å². The van der Waals surface area contributed by atoms with Crippen molar-refractivity contribution >= 4 is 11.6 Å². The lowest BCUT2D eigenvalue weighted by atomic mass is 9.75. The van der Waals surface area contributed by atoms with Crippen LogP contribution in [0.4, 0.5) is 13.2 Å². The molecule has 1 unspecified atom stereocenters. The van der Waals surface area contributed by atoms with Gasteiger partial charge in [-0.3, -0.25) is 0 Å². The van der Waals surface area contributed by atoms with Gasteiger partial charge in [-0.25, -0.2) is 4.98 Å². The second kappa shape index (κ2) is 5.53. The summed E-state index contributed by atoms with van der Waals surface area (Å²) in [5.74, 6) is 0. The number of halogens is 4. The van der Waals surface area contributed by atoms with Crippen molar-refractivity contribution in [2.24, 2.45) is 5.41 Å². The summed E-state index contributed by atoms with van der Waals surface area (Å²) < 4.78 is 37.7. The Morgan fingerprint density at radius 2 is 1.95 bits per heavy atom. The molecular formula is C14H17ClF3NO. The van der Waals surface area contributed by atoms with Crippen molar-refractivity contribution in [3.63, 3.8) is 0 Å². The van der Waals surface area contributed by atoms with Crippen LogP contribution >= 0.6 is 11.6 Å². The molecule has 0 aliphatic heterocycles. The van der Waals surface area contributed by atoms with Gasteiger partial charge < -0.3 is 5.11 Å². The largest absolute Gasteiger partial charge is 0.433 e. The van der Waals surface area contributed by atoms with Crippen molar-refractivity contribution in [2.45, 2.75) is 51.3 Å². The molecule has 0 radical (unpaired) electrons. The van der Waals surface area contributed by atoms with Crippen molar-refractivity contribution < 1.29 is 18.3 Å². The van der Waals surface area contributed by atoms with Gasteiger partial charge in [0.2, 0.25) is 0 Å². The van der Waals surface area contributed by atoms with Crippen LogP contribution in [0.1, 0.15) is 56.4 Å². The highest BCUT2D eigenvalue weighted by Crippen LogP contribution is 2.51. The molecule has 112 valence electrons. The van der Waals surface area contributed by atoms with E-state index in [2.05, 4.69) is 4.98 Å². The fourth-order valence-electron chi connectivity index (χ4n) is 3.04. The number of aromatic nitrogens is 1. The van der Waals surface area contributed by atoms with Gasteiger partial charge in [0.25, 0.3) is 0 Å². The molecule has 1 N–H and O–H groups in total. The third-order valence-corrected chi connectivity index (χ3v) is 4.65. The number of hydrogen-bond acceptors (Lipinski definition) is 2. The molecule has 0 spiro atoms. The molecule has 1 aromatic rings. The Kier molecular flexibility index (Phi) is 4.30. The number of alkyl halides is 3. The third kappa shape index (κ3) is 2.79. The lowest BCUT2D eigenvalue weighted by molar-refractivity contribution is -0.141. The van der Waals surface area contributed by atoms with E-state index in [0.29, 0.717) is 5.56 Å². The lowest BCUT2D eigenvalue weighted by Gasteiger charge is -2.33. The molecule has 2 rings (SSSR count). The summed E-state index contributed by atoms with van der Waals surface area (Å²) >= 11 is 5.86. The number of aliphatic hydroxyl groups excluding tert-OH is 1. The molecule has 6 heteroatoms. The number of hydrogen-bond donors (Lipinski definition) is 1. The van der Waals surface area contributed by atoms with Gasteiger partial charge in [0.1, 0.15) is 10.8 Å². The van der Waals surface area contributed by atoms with Gasteiger partial charge in [0, 0.05) is 11.0 Å². The van der Waals surface area contributed by atoms with E-state index in [4.69, 9.17) is 11.6 Å². The van der Waals surface area contributed by atoms with E-state index in [-0.39, 0.29) is 10.6 Å². The zero-order chi connectivity index (χ0) is 15.0. The van der Waals surface area contributed by atoms with Gasteiger partial charge in [0.15, 0.2) is 0 Å². The summed E-state index contributed by atoms with van der Waals surface area (Å²) in [6.07, 6.45) is -0.844. The van der Waals surface area contributed by atoms with Crippen molar-refractivity contribution in [1.29, 1.82) is 0 Å².